The summed E-state index contributed by atoms with van der Waals surface area (Å²) in [6.45, 7) is 1.86. The van der Waals surface area contributed by atoms with Crippen LogP contribution in [0.3, 0.4) is 0 Å². The van der Waals surface area contributed by atoms with Crippen LogP contribution in [-0.4, -0.2) is 46.9 Å². The molecule has 0 fully saturated rings. The number of nitrogens with one attached hydrogen (secondary N) is 1. The van der Waals surface area contributed by atoms with E-state index in [1.165, 1.54) is 18.2 Å². The second-order valence-corrected chi connectivity index (χ2v) is 10.7. The van der Waals surface area contributed by atoms with E-state index in [1.54, 1.807) is 24.3 Å². The number of hydrogen-bond donors (Lipinski definition) is 1. The average molecular weight is 503 g/mol. The van der Waals surface area contributed by atoms with Crippen LogP contribution in [0.5, 0.6) is 5.75 Å². The zero-order chi connectivity index (χ0) is 23.9. The van der Waals surface area contributed by atoms with Gasteiger partial charge in [0.1, 0.15) is 5.75 Å². The first kappa shape index (κ1) is 22.9. The van der Waals surface area contributed by atoms with Crippen molar-refractivity contribution in [2.75, 3.05) is 6.26 Å². The van der Waals surface area contributed by atoms with E-state index in [2.05, 4.69) is 10.1 Å². The van der Waals surface area contributed by atoms with Crippen molar-refractivity contribution in [2.45, 2.75) is 6.92 Å². The number of amidine groups is 2. The Hall–Kier alpha value is -3.28. The number of hydrazone groups is 1. The average Bonchev–Trinajstić information content (AvgIpc) is 3.17. The Morgan fingerprint density at radius 3 is 2.67 bits per heavy atom. The van der Waals surface area contributed by atoms with E-state index in [1.807, 2.05) is 13.0 Å². The Bertz CT molecular complexity index is 1430. The molecule has 0 bridgehead atoms. The van der Waals surface area contributed by atoms with Gasteiger partial charge in [0.05, 0.1) is 16.2 Å². The number of benzene rings is 2. The second kappa shape index (κ2) is 8.58. The van der Waals surface area contributed by atoms with Gasteiger partial charge in [-0.05, 0) is 54.6 Å². The third-order valence-electron chi connectivity index (χ3n) is 4.48. The molecule has 2 aromatic rings. The van der Waals surface area contributed by atoms with E-state index in [-0.39, 0.29) is 31.7 Å². The molecule has 2 aliphatic rings. The SMILES string of the molecule is Cc1cccc(C(=O)Oc2ccc(/C=C3\C(=N)N4N=C(S(C)(=O)=O)SC4=NC3=O)cc2Cl)c1. The third kappa shape index (κ3) is 4.75. The Labute approximate surface area is 198 Å². The van der Waals surface area contributed by atoms with Gasteiger partial charge < -0.3 is 4.74 Å². The molecule has 0 saturated heterocycles. The first-order valence-corrected chi connectivity index (χ1v) is 12.4. The van der Waals surface area contributed by atoms with Crippen LogP contribution in [0.4, 0.5) is 0 Å². The third-order valence-corrected chi connectivity index (χ3v) is 7.35. The molecule has 0 unspecified atom stereocenters. The van der Waals surface area contributed by atoms with Gasteiger partial charge in [-0.3, -0.25) is 10.2 Å². The monoisotopic (exact) mass is 502 g/mol. The van der Waals surface area contributed by atoms with Crippen molar-refractivity contribution in [3.63, 3.8) is 0 Å². The number of fused-ring (bicyclic) bond motifs is 1. The predicted molar refractivity (Wildman–Crippen MR) is 127 cm³/mol. The maximum Gasteiger partial charge on any atom is 0.343 e. The molecule has 0 radical (unpaired) electrons. The summed E-state index contributed by atoms with van der Waals surface area (Å²) < 4.78 is 28.6. The number of carbonyl (C=O) groups excluding carboxylic acids is 2. The van der Waals surface area contributed by atoms with Crippen LogP contribution in [0.15, 0.2) is 58.1 Å². The second-order valence-electron chi connectivity index (χ2n) is 7.11. The molecule has 2 heterocycles. The van der Waals surface area contributed by atoms with Gasteiger partial charge in [0, 0.05) is 6.26 Å². The quantitative estimate of drug-likeness (QED) is 0.386. The number of amides is 1. The highest BCUT2D eigenvalue weighted by Crippen LogP contribution is 2.31. The Balaban J connectivity index is 1.58. The van der Waals surface area contributed by atoms with Crippen molar-refractivity contribution >= 4 is 66.5 Å². The van der Waals surface area contributed by atoms with E-state index in [4.69, 9.17) is 21.7 Å². The minimum Gasteiger partial charge on any atom is -0.421 e. The van der Waals surface area contributed by atoms with Gasteiger partial charge in [-0.15, -0.1) is 5.10 Å². The number of aryl methyl sites for hydroxylation is 1. The summed E-state index contributed by atoms with van der Waals surface area (Å²) in [5.74, 6) is -1.46. The fraction of sp³-hybridized carbons (Fsp3) is 0.0952. The molecule has 168 valence electrons. The number of nitrogens with zero attached hydrogens (tertiary/aromatic N) is 3. The van der Waals surface area contributed by atoms with Crippen LogP contribution >= 0.6 is 23.4 Å². The van der Waals surface area contributed by atoms with Crippen molar-refractivity contribution in [2.24, 2.45) is 10.1 Å². The normalized spacial score (nSPS) is 17.1. The topological polar surface area (TPSA) is 129 Å². The van der Waals surface area contributed by atoms with Crippen molar-refractivity contribution in [3.8, 4) is 5.75 Å². The highest BCUT2D eigenvalue weighted by Gasteiger charge is 2.38. The molecule has 4 rings (SSSR count). The maximum atomic E-state index is 12.5. The molecule has 12 heteroatoms. The Morgan fingerprint density at radius 1 is 1.24 bits per heavy atom. The summed E-state index contributed by atoms with van der Waals surface area (Å²) in [6.07, 6.45) is 2.36. The summed E-state index contributed by atoms with van der Waals surface area (Å²) in [5.41, 5.74) is 1.64. The van der Waals surface area contributed by atoms with E-state index < -0.39 is 21.7 Å². The summed E-state index contributed by atoms with van der Waals surface area (Å²) >= 11 is 6.97. The highest BCUT2D eigenvalue weighted by molar-refractivity contribution is 8.42. The maximum absolute atomic E-state index is 12.5. The molecule has 2 aromatic carbocycles. The standard InChI is InChI=1S/C21H15ClN4O5S2/c1-11-4-3-5-13(8-11)19(28)31-16-7-6-12(10-15(16)22)9-14-17(23)26-20(24-18(14)27)32-21(25-26)33(2,29)30/h3-10,23H,1-2H3/b14-9+,23-17?. The fourth-order valence-corrected chi connectivity index (χ4v) is 4.82. The smallest absolute Gasteiger partial charge is 0.343 e. The number of halogens is 1. The molecular weight excluding hydrogens is 488 g/mol. The van der Waals surface area contributed by atoms with Gasteiger partial charge in [-0.2, -0.15) is 10.0 Å². The fourth-order valence-electron chi connectivity index (χ4n) is 2.91. The lowest BCUT2D eigenvalue weighted by atomic mass is 10.1. The lowest BCUT2D eigenvalue weighted by Gasteiger charge is -2.20. The number of carbonyl (C=O) groups is 2. The van der Waals surface area contributed by atoms with E-state index in [0.29, 0.717) is 22.9 Å². The summed E-state index contributed by atoms with van der Waals surface area (Å²) in [4.78, 5) is 28.6. The molecule has 0 saturated carbocycles. The van der Waals surface area contributed by atoms with E-state index >= 15 is 0 Å². The van der Waals surface area contributed by atoms with Crippen molar-refractivity contribution in [1.82, 2.24) is 5.01 Å². The van der Waals surface area contributed by atoms with Crippen LogP contribution in [-0.2, 0) is 14.6 Å². The van der Waals surface area contributed by atoms with Gasteiger partial charge in [0.25, 0.3) is 5.91 Å². The van der Waals surface area contributed by atoms with Gasteiger partial charge in [0.15, 0.2) is 5.84 Å². The molecule has 0 atom stereocenters. The lowest BCUT2D eigenvalue weighted by Crippen LogP contribution is -2.35. The molecule has 1 N–H and O–H groups in total. The first-order chi connectivity index (χ1) is 15.5. The lowest BCUT2D eigenvalue weighted by molar-refractivity contribution is -0.114. The van der Waals surface area contributed by atoms with Gasteiger partial charge in [-0.25, -0.2) is 13.2 Å². The van der Waals surface area contributed by atoms with E-state index in [9.17, 15) is 18.0 Å². The van der Waals surface area contributed by atoms with Crippen molar-refractivity contribution in [1.29, 1.82) is 5.41 Å². The van der Waals surface area contributed by atoms with Crippen LogP contribution < -0.4 is 4.74 Å². The number of hydrogen-bond acceptors (Lipinski definition) is 8. The summed E-state index contributed by atoms with van der Waals surface area (Å²) in [7, 11) is -3.62. The van der Waals surface area contributed by atoms with Crippen molar-refractivity contribution in [3.05, 3.63) is 69.8 Å². The number of esters is 1. The van der Waals surface area contributed by atoms with E-state index in [0.717, 1.165) is 16.8 Å². The Kier molecular flexibility index (Phi) is 5.95. The Morgan fingerprint density at radius 2 is 2.00 bits per heavy atom. The summed E-state index contributed by atoms with van der Waals surface area (Å²) in [6, 6.07) is 11.4. The number of aliphatic imine (C=N–C) groups is 1. The van der Waals surface area contributed by atoms with Gasteiger partial charge in [0.2, 0.25) is 19.4 Å². The molecule has 2 aliphatic heterocycles. The molecule has 1 amide bonds. The molecule has 9 nitrogen and oxygen atoms in total. The van der Waals surface area contributed by atoms with Crippen LogP contribution in [0, 0.1) is 12.3 Å². The summed E-state index contributed by atoms with van der Waals surface area (Å²) in [5, 5.41) is 13.3. The molecule has 0 aromatic heterocycles. The van der Waals surface area contributed by atoms with Crippen LogP contribution in [0.25, 0.3) is 6.08 Å². The number of sulfone groups is 1. The highest BCUT2D eigenvalue weighted by atomic mass is 35.5. The molecular formula is C21H15ClN4O5S2. The molecule has 0 aliphatic carbocycles. The minimum atomic E-state index is -3.62. The number of rotatable bonds is 3. The zero-order valence-electron chi connectivity index (χ0n) is 17.2. The minimum absolute atomic E-state index is 0.000911. The van der Waals surface area contributed by atoms with Crippen LogP contribution in [0.2, 0.25) is 5.02 Å². The molecule has 0 spiro atoms. The molecule has 33 heavy (non-hydrogen) atoms. The first-order valence-electron chi connectivity index (χ1n) is 9.31. The van der Waals surface area contributed by atoms with Gasteiger partial charge in [-0.1, -0.05) is 35.4 Å². The van der Waals surface area contributed by atoms with Crippen LogP contribution in [0.1, 0.15) is 21.5 Å². The number of thioether (sulfide) groups is 1. The van der Waals surface area contributed by atoms with Crippen molar-refractivity contribution < 1.29 is 22.7 Å². The zero-order valence-corrected chi connectivity index (χ0v) is 19.6. The number of ether oxygens (including phenoxy) is 1. The largest absolute Gasteiger partial charge is 0.421 e. The predicted octanol–water partition coefficient (Wildman–Crippen LogP) is 3.49. The van der Waals surface area contributed by atoms with Gasteiger partial charge >= 0.3 is 5.97 Å².